The van der Waals surface area contributed by atoms with Crippen LogP contribution in [0.2, 0.25) is 0 Å². The van der Waals surface area contributed by atoms with Crippen molar-refractivity contribution in [2.45, 2.75) is 39.7 Å². The van der Waals surface area contributed by atoms with Crippen LogP contribution in [0, 0.1) is 13.8 Å². The Morgan fingerprint density at radius 1 is 1.33 bits per heavy atom. The van der Waals surface area contributed by atoms with Gasteiger partial charge in [-0.15, -0.1) is 22.7 Å². The topological polar surface area (TPSA) is 24.9 Å². The number of aromatic nitrogens is 1. The predicted octanol–water partition coefficient (Wildman–Crippen LogP) is 4.10. The molecule has 4 heteroatoms. The molecule has 0 aliphatic rings. The van der Waals surface area contributed by atoms with Gasteiger partial charge in [-0.05, 0) is 43.8 Å². The molecule has 0 saturated heterocycles. The molecule has 1 N–H and O–H groups in total. The number of nitrogens with zero attached hydrogens (tertiary/aromatic N) is 1. The minimum atomic E-state index is 0.404. The lowest BCUT2D eigenvalue weighted by Gasteiger charge is -2.17. The van der Waals surface area contributed by atoms with Gasteiger partial charge in [0.2, 0.25) is 0 Å². The summed E-state index contributed by atoms with van der Waals surface area (Å²) in [5.74, 6) is 0. The molecule has 0 spiro atoms. The molecule has 18 heavy (non-hydrogen) atoms. The highest BCUT2D eigenvalue weighted by Gasteiger charge is 2.16. The monoisotopic (exact) mass is 280 g/mol. The lowest BCUT2D eigenvalue weighted by atomic mass is 10.1. The lowest BCUT2D eigenvalue weighted by molar-refractivity contribution is 0.527. The molecular formula is C14H20N2S2. The van der Waals surface area contributed by atoms with Gasteiger partial charge in [0.25, 0.3) is 0 Å². The van der Waals surface area contributed by atoms with E-state index in [4.69, 9.17) is 0 Å². The third kappa shape index (κ3) is 3.40. The van der Waals surface area contributed by atoms with Gasteiger partial charge in [-0.25, -0.2) is 4.98 Å². The summed E-state index contributed by atoms with van der Waals surface area (Å²) in [6.07, 6.45) is 2.16. The number of hydrogen-bond donors (Lipinski definition) is 1. The highest BCUT2D eigenvalue weighted by molar-refractivity contribution is 7.10. The Morgan fingerprint density at radius 3 is 2.72 bits per heavy atom. The first kappa shape index (κ1) is 13.7. The SMILES string of the molecule is CCCNC(Cc1nc(C)cs1)c1ccsc1C. The molecule has 0 fully saturated rings. The minimum Gasteiger partial charge on any atom is -0.310 e. The molecule has 0 amide bonds. The maximum Gasteiger partial charge on any atom is 0.0947 e. The summed E-state index contributed by atoms with van der Waals surface area (Å²) in [4.78, 5) is 5.99. The molecule has 0 radical (unpaired) electrons. The van der Waals surface area contributed by atoms with Crippen molar-refractivity contribution in [3.8, 4) is 0 Å². The summed E-state index contributed by atoms with van der Waals surface area (Å²) in [6.45, 7) is 7.53. The molecular weight excluding hydrogens is 260 g/mol. The zero-order chi connectivity index (χ0) is 13.0. The van der Waals surface area contributed by atoms with Crippen LogP contribution in [-0.4, -0.2) is 11.5 Å². The molecule has 1 unspecified atom stereocenters. The first-order valence-electron chi connectivity index (χ1n) is 6.39. The van der Waals surface area contributed by atoms with Crippen LogP contribution < -0.4 is 5.32 Å². The van der Waals surface area contributed by atoms with Crippen molar-refractivity contribution in [2.24, 2.45) is 0 Å². The Balaban J connectivity index is 2.12. The van der Waals surface area contributed by atoms with E-state index < -0.39 is 0 Å². The van der Waals surface area contributed by atoms with E-state index in [2.05, 4.69) is 47.9 Å². The second-order valence-corrected chi connectivity index (χ2v) is 6.59. The molecule has 2 aromatic rings. The molecule has 0 aliphatic carbocycles. The van der Waals surface area contributed by atoms with E-state index >= 15 is 0 Å². The zero-order valence-corrected chi connectivity index (χ0v) is 12.8. The first-order valence-corrected chi connectivity index (χ1v) is 8.15. The van der Waals surface area contributed by atoms with Crippen molar-refractivity contribution in [1.29, 1.82) is 0 Å². The van der Waals surface area contributed by atoms with Crippen LogP contribution in [0.15, 0.2) is 16.8 Å². The van der Waals surface area contributed by atoms with Gasteiger partial charge in [-0.3, -0.25) is 0 Å². The van der Waals surface area contributed by atoms with Gasteiger partial charge in [0.05, 0.1) is 5.01 Å². The van der Waals surface area contributed by atoms with Gasteiger partial charge in [0.15, 0.2) is 0 Å². The first-order chi connectivity index (χ1) is 8.70. The molecule has 2 rings (SSSR count). The normalized spacial score (nSPS) is 12.8. The molecule has 0 bridgehead atoms. The number of thiophene rings is 1. The molecule has 0 aliphatic heterocycles. The van der Waals surface area contributed by atoms with Gasteiger partial charge < -0.3 is 5.32 Å². The Labute approximate surface area is 117 Å². The van der Waals surface area contributed by atoms with Gasteiger partial charge in [-0.2, -0.15) is 0 Å². The van der Waals surface area contributed by atoms with Crippen LogP contribution in [-0.2, 0) is 6.42 Å². The smallest absolute Gasteiger partial charge is 0.0947 e. The Bertz CT molecular complexity index is 487. The van der Waals surface area contributed by atoms with Crippen LogP contribution in [0.3, 0.4) is 0 Å². The highest BCUT2D eigenvalue weighted by Crippen LogP contribution is 2.26. The van der Waals surface area contributed by atoms with Crippen molar-refractivity contribution in [3.63, 3.8) is 0 Å². The van der Waals surface area contributed by atoms with E-state index in [1.165, 1.54) is 15.4 Å². The second kappa shape index (κ2) is 6.45. The van der Waals surface area contributed by atoms with Crippen molar-refractivity contribution in [1.82, 2.24) is 10.3 Å². The zero-order valence-electron chi connectivity index (χ0n) is 11.2. The largest absolute Gasteiger partial charge is 0.310 e. The fraction of sp³-hybridized carbons (Fsp3) is 0.500. The third-order valence-corrected chi connectivity index (χ3v) is 4.81. The quantitative estimate of drug-likeness (QED) is 0.861. The molecule has 1 atom stereocenters. The average Bonchev–Trinajstić information content (AvgIpc) is 2.93. The molecule has 2 heterocycles. The second-order valence-electron chi connectivity index (χ2n) is 4.53. The van der Waals surface area contributed by atoms with Gasteiger partial charge in [0.1, 0.15) is 0 Å². The number of hydrogen-bond acceptors (Lipinski definition) is 4. The average molecular weight is 280 g/mol. The van der Waals surface area contributed by atoms with E-state index in [1.54, 1.807) is 11.3 Å². The summed E-state index contributed by atoms with van der Waals surface area (Å²) in [7, 11) is 0. The fourth-order valence-corrected chi connectivity index (χ4v) is 3.62. The van der Waals surface area contributed by atoms with Crippen molar-refractivity contribution >= 4 is 22.7 Å². The highest BCUT2D eigenvalue weighted by atomic mass is 32.1. The number of nitrogens with one attached hydrogen (secondary N) is 1. The maximum absolute atomic E-state index is 4.58. The van der Waals surface area contributed by atoms with E-state index in [9.17, 15) is 0 Å². The van der Waals surface area contributed by atoms with Gasteiger partial charge in [0, 0.05) is 28.4 Å². The van der Waals surface area contributed by atoms with E-state index in [1.807, 2.05) is 11.3 Å². The minimum absolute atomic E-state index is 0.404. The van der Waals surface area contributed by atoms with Crippen LogP contribution in [0.5, 0.6) is 0 Å². The lowest BCUT2D eigenvalue weighted by Crippen LogP contribution is -2.24. The summed E-state index contributed by atoms with van der Waals surface area (Å²) in [6, 6.07) is 2.65. The van der Waals surface area contributed by atoms with Crippen LogP contribution in [0.4, 0.5) is 0 Å². The maximum atomic E-state index is 4.58. The van der Waals surface area contributed by atoms with Crippen molar-refractivity contribution < 1.29 is 0 Å². The van der Waals surface area contributed by atoms with E-state index in [-0.39, 0.29) is 0 Å². The van der Waals surface area contributed by atoms with Gasteiger partial charge in [-0.1, -0.05) is 6.92 Å². The fourth-order valence-electron chi connectivity index (χ4n) is 2.04. The molecule has 2 aromatic heterocycles. The van der Waals surface area contributed by atoms with Crippen LogP contribution in [0.25, 0.3) is 0 Å². The third-order valence-electron chi connectivity index (χ3n) is 2.96. The summed E-state index contributed by atoms with van der Waals surface area (Å²) < 4.78 is 0. The van der Waals surface area contributed by atoms with E-state index in [0.717, 1.165) is 25.1 Å². The number of rotatable bonds is 6. The van der Waals surface area contributed by atoms with Crippen LogP contribution >= 0.6 is 22.7 Å². The molecule has 0 aromatic carbocycles. The number of aryl methyl sites for hydroxylation is 2. The Hall–Kier alpha value is -0.710. The van der Waals surface area contributed by atoms with Crippen molar-refractivity contribution in [2.75, 3.05) is 6.54 Å². The standard InChI is InChI=1S/C14H20N2S2/c1-4-6-15-13(12-5-7-17-11(12)3)8-14-16-10(2)9-18-14/h5,7,9,13,15H,4,6,8H2,1-3H3. The summed E-state index contributed by atoms with van der Waals surface area (Å²) in [5.41, 5.74) is 2.56. The van der Waals surface area contributed by atoms with Crippen LogP contribution in [0.1, 0.15) is 40.5 Å². The number of thiazole rings is 1. The predicted molar refractivity (Wildman–Crippen MR) is 80.6 cm³/mol. The molecule has 0 saturated carbocycles. The molecule has 2 nitrogen and oxygen atoms in total. The summed E-state index contributed by atoms with van der Waals surface area (Å²) >= 11 is 3.59. The Morgan fingerprint density at radius 2 is 2.17 bits per heavy atom. The van der Waals surface area contributed by atoms with Gasteiger partial charge >= 0.3 is 0 Å². The van der Waals surface area contributed by atoms with Crippen molar-refractivity contribution in [3.05, 3.63) is 38.0 Å². The van der Waals surface area contributed by atoms with E-state index in [0.29, 0.717) is 6.04 Å². The summed E-state index contributed by atoms with van der Waals surface area (Å²) in [5, 5.41) is 9.18. The molecule has 98 valence electrons. The Kier molecular flexibility index (Phi) is 4.92.